The number of hydrogen-bond donors (Lipinski definition) is 0. The SMILES string of the molecule is CN1C(=O)C(=Cc2ccc(OCCN(C)c3cnccn3)cc2)C(=O)N(C)C1=O. The Hall–Kier alpha value is -3.75. The summed E-state index contributed by atoms with van der Waals surface area (Å²) in [5.74, 6) is 0.176. The first-order chi connectivity index (χ1) is 13.9. The second kappa shape index (κ2) is 8.51. The maximum Gasteiger partial charge on any atom is 0.333 e. The fourth-order valence-corrected chi connectivity index (χ4v) is 2.71. The fourth-order valence-electron chi connectivity index (χ4n) is 2.71. The largest absolute Gasteiger partial charge is 0.492 e. The lowest BCUT2D eigenvalue weighted by Crippen LogP contribution is -2.52. The number of carbonyl (C=O) groups is 3. The number of rotatable bonds is 6. The minimum atomic E-state index is -0.646. The van der Waals surface area contributed by atoms with Gasteiger partial charge in [-0.15, -0.1) is 0 Å². The second-order valence-corrected chi connectivity index (χ2v) is 6.47. The van der Waals surface area contributed by atoms with Gasteiger partial charge in [0.1, 0.15) is 23.7 Å². The zero-order valence-corrected chi connectivity index (χ0v) is 16.4. The van der Waals surface area contributed by atoms with Crippen LogP contribution in [0.15, 0.2) is 48.4 Å². The summed E-state index contributed by atoms with van der Waals surface area (Å²) in [6.07, 6.45) is 6.40. The highest BCUT2D eigenvalue weighted by atomic mass is 16.5. The van der Waals surface area contributed by atoms with E-state index in [4.69, 9.17) is 4.74 Å². The van der Waals surface area contributed by atoms with E-state index in [1.807, 2.05) is 11.9 Å². The maximum absolute atomic E-state index is 12.2. The van der Waals surface area contributed by atoms with Crippen molar-refractivity contribution in [3.05, 3.63) is 54.0 Å². The van der Waals surface area contributed by atoms with Gasteiger partial charge in [-0.3, -0.25) is 24.4 Å². The number of amides is 4. The summed E-state index contributed by atoms with van der Waals surface area (Å²) in [4.78, 5) is 48.3. The van der Waals surface area contributed by atoms with E-state index in [1.165, 1.54) is 20.2 Å². The molecule has 0 unspecified atom stereocenters. The van der Waals surface area contributed by atoms with E-state index in [-0.39, 0.29) is 5.57 Å². The predicted octanol–water partition coefficient (Wildman–Crippen LogP) is 1.43. The Bertz CT molecular complexity index is 917. The van der Waals surface area contributed by atoms with Gasteiger partial charge in [-0.1, -0.05) is 12.1 Å². The lowest BCUT2D eigenvalue weighted by Gasteiger charge is -2.28. The summed E-state index contributed by atoms with van der Waals surface area (Å²) in [6, 6.07) is 6.35. The Kier molecular flexibility index (Phi) is 5.87. The minimum absolute atomic E-state index is 0.0612. The number of likely N-dealkylation sites (N-methyl/N-ethyl adjacent to an activating group) is 3. The van der Waals surface area contributed by atoms with Gasteiger partial charge in [-0.05, 0) is 23.8 Å². The van der Waals surface area contributed by atoms with Crippen molar-refractivity contribution in [3.63, 3.8) is 0 Å². The van der Waals surface area contributed by atoms with E-state index in [2.05, 4.69) is 9.97 Å². The average molecular weight is 395 g/mol. The summed E-state index contributed by atoms with van der Waals surface area (Å²) >= 11 is 0. The third-order valence-corrected chi connectivity index (χ3v) is 4.47. The molecule has 150 valence electrons. The highest BCUT2D eigenvalue weighted by Gasteiger charge is 2.37. The Balaban J connectivity index is 1.61. The van der Waals surface area contributed by atoms with Gasteiger partial charge in [0, 0.05) is 33.5 Å². The molecule has 0 atom stereocenters. The standard InChI is InChI=1S/C20H21N5O4/c1-23(17-13-21-8-9-22-17)10-11-29-15-6-4-14(5-7-15)12-16-18(26)24(2)20(28)25(3)19(16)27/h4-9,12-13H,10-11H2,1-3H3. The lowest BCUT2D eigenvalue weighted by atomic mass is 10.1. The van der Waals surface area contributed by atoms with Crippen LogP contribution in [0.2, 0.25) is 0 Å². The third-order valence-electron chi connectivity index (χ3n) is 4.47. The molecular formula is C20H21N5O4. The summed E-state index contributed by atoms with van der Waals surface area (Å²) in [6.45, 7) is 1.07. The Labute approximate surface area is 168 Å². The highest BCUT2D eigenvalue weighted by molar-refractivity contribution is 6.30. The van der Waals surface area contributed by atoms with Crippen molar-refractivity contribution in [1.82, 2.24) is 19.8 Å². The molecule has 1 aliphatic rings. The van der Waals surface area contributed by atoms with E-state index in [9.17, 15) is 14.4 Å². The van der Waals surface area contributed by atoms with Crippen LogP contribution in [0.3, 0.4) is 0 Å². The molecule has 0 spiro atoms. The van der Waals surface area contributed by atoms with E-state index in [1.54, 1.807) is 42.9 Å². The van der Waals surface area contributed by atoms with Gasteiger partial charge in [0.2, 0.25) is 0 Å². The Morgan fingerprint density at radius 2 is 1.69 bits per heavy atom. The second-order valence-electron chi connectivity index (χ2n) is 6.47. The van der Waals surface area contributed by atoms with Crippen LogP contribution in [-0.4, -0.2) is 71.9 Å². The number of urea groups is 1. The lowest BCUT2D eigenvalue weighted by molar-refractivity contribution is -0.134. The zero-order chi connectivity index (χ0) is 21.0. The molecule has 29 heavy (non-hydrogen) atoms. The summed E-state index contributed by atoms with van der Waals surface area (Å²) in [5, 5.41) is 0. The first-order valence-corrected chi connectivity index (χ1v) is 8.90. The van der Waals surface area contributed by atoms with Gasteiger partial charge in [-0.2, -0.15) is 0 Å². The van der Waals surface area contributed by atoms with Gasteiger partial charge >= 0.3 is 6.03 Å². The molecule has 2 aromatic rings. The summed E-state index contributed by atoms with van der Waals surface area (Å²) < 4.78 is 5.73. The number of anilines is 1. The van der Waals surface area contributed by atoms with Crippen LogP contribution < -0.4 is 9.64 Å². The molecule has 1 saturated heterocycles. The maximum atomic E-state index is 12.2. The van der Waals surface area contributed by atoms with Gasteiger partial charge in [0.05, 0.1) is 12.7 Å². The number of nitrogens with zero attached hydrogens (tertiary/aromatic N) is 5. The molecule has 0 N–H and O–H groups in total. The fraction of sp³-hybridized carbons (Fsp3) is 0.250. The van der Waals surface area contributed by atoms with Crippen LogP contribution >= 0.6 is 0 Å². The number of hydrogen-bond acceptors (Lipinski definition) is 7. The molecule has 2 heterocycles. The topological polar surface area (TPSA) is 95.9 Å². The van der Waals surface area contributed by atoms with Crippen molar-refractivity contribution in [1.29, 1.82) is 0 Å². The normalized spacial score (nSPS) is 14.3. The van der Waals surface area contributed by atoms with Crippen LogP contribution in [0.5, 0.6) is 5.75 Å². The quantitative estimate of drug-likeness (QED) is 0.539. The van der Waals surface area contributed by atoms with Crippen LogP contribution in [0, 0.1) is 0 Å². The van der Waals surface area contributed by atoms with Crippen LogP contribution in [-0.2, 0) is 9.59 Å². The van der Waals surface area contributed by atoms with Crippen molar-refractivity contribution in [3.8, 4) is 5.75 Å². The van der Waals surface area contributed by atoms with Crippen LogP contribution in [0.4, 0.5) is 10.6 Å². The van der Waals surface area contributed by atoms with E-state index >= 15 is 0 Å². The molecule has 4 amide bonds. The average Bonchev–Trinajstić information content (AvgIpc) is 2.75. The molecule has 0 radical (unpaired) electrons. The molecule has 0 saturated carbocycles. The number of aromatic nitrogens is 2. The van der Waals surface area contributed by atoms with Crippen LogP contribution in [0.1, 0.15) is 5.56 Å². The number of barbiturate groups is 1. The third kappa shape index (κ3) is 4.40. The molecule has 1 aliphatic heterocycles. The molecule has 9 heteroatoms. The monoisotopic (exact) mass is 395 g/mol. The van der Waals surface area contributed by atoms with E-state index < -0.39 is 17.8 Å². The molecule has 1 aromatic carbocycles. The van der Waals surface area contributed by atoms with Gasteiger partial charge in [0.15, 0.2) is 0 Å². The minimum Gasteiger partial charge on any atom is -0.492 e. The molecule has 1 fully saturated rings. The highest BCUT2D eigenvalue weighted by Crippen LogP contribution is 2.19. The Morgan fingerprint density at radius 3 is 2.28 bits per heavy atom. The first kappa shape index (κ1) is 20.0. The van der Waals surface area contributed by atoms with E-state index in [0.717, 1.165) is 15.6 Å². The van der Waals surface area contributed by atoms with Crippen LogP contribution in [0.25, 0.3) is 6.08 Å². The predicted molar refractivity (Wildman–Crippen MR) is 106 cm³/mol. The molecule has 1 aromatic heterocycles. The number of ether oxygens (including phenoxy) is 1. The van der Waals surface area contributed by atoms with Crippen molar-refractivity contribution < 1.29 is 19.1 Å². The number of carbonyl (C=O) groups excluding carboxylic acids is 3. The van der Waals surface area contributed by atoms with Crippen molar-refractivity contribution >= 4 is 29.7 Å². The van der Waals surface area contributed by atoms with Gasteiger partial charge < -0.3 is 9.64 Å². The van der Waals surface area contributed by atoms with Crippen molar-refractivity contribution in [2.45, 2.75) is 0 Å². The van der Waals surface area contributed by atoms with E-state index in [0.29, 0.717) is 24.5 Å². The number of imide groups is 2. The van der Waals surface area contributed by atoms with Gasteiger partial charge in [0.25, 0.3) is 11.8 Å². The molecule has 9 nitrogen and oxygen atoms in total. The number of benzene rings is 1. The summed E-state index contributed by atoms with van der Waals surface area (Å²) in [5.41, 5.74) is 0.593. The molecular weight excluding hydrogens is 374 g/mol. The van der Waals surface area contributed by atoms with Crippen molar-refractivity contribution in [2.75, 3.05) is 39.2 Å². The molecule has 3 rings (SSSR count). The summed E-state index contributed by atoms with van der Waals surface area (Å²) in [7, 11) is 4.59. The molecule has 0 bridgehead atoms. The zero-order valence-electron chi connectivity index (χ0n) is 16.4. The van der Waals surface area contributed by atoms with Gasteiger partial charge in [-0.25, -0.2) is 9.78 Å². The van der Waals surface area contributed by atoms with Crippen molar-refractivity contribution in [2.24, 2.45) is 0 Å². The Morgan fingerprint density at radius 1 is 1.03 bits per heavy atom. The smallest absolute Gasteiger partial charge is 0.333 e. The first-order valence-electron chi connectivity index (χ1n) is 8.90. The molecule has 0 aliphatic carbocycles.